The van der Waals surface area contributed by atoms with Crippen LogP contribution in [0.25, 0.3) is 0 Å². The van der Waals surface area contributed by atoms with Gasteiger partial charge in [-0.25, -0.2) is 8.42 Å². The molecule has 1 aliphatic carbocycles. The number of likely N-dealkylation sites (N-methyl/N-ethyl adjacent to an activating group) is 1. The standard InChI is InChI=1S/C20H22ClF3N2O3S/c1-26(2)13-5-6-14-15(11-13)18(29-3)9-8-17(14)25-30(27,28)19-10-12(20(22,23)24)4-7-16(19)21/h4,7-10,13,25H,5-6,11H2,1-3H3. The van der Waals surface area contributed by atoms with E-state index in [1.54, 1.807) is 19.2 Å². The highest BCUT2D eigenvalue weighted by molar-refractivity contribution is 7.92. The topological polar surface area (TPSA) is 58.6 Å². The smallest absolute Gasteiger partial charge is 0.416 e. The van der Waals surface area contributed by atoms with Crippen molar-refractivity contribution in [3.05, 3.63) is 52.0 Å². The molecule has 1 atom stereocenters. The molecule has 2 aromatic carbocycles. The highest BCUT2D eigenvalue weighted by Gasteiger charge is 2.33. The Hall–Kier alpha value is -1.97. The van der Waals surface area contributed by atoms with Gasteiger partial charge in [-0.05, 0) is 69.3 Å². The number of ether oxygens (including phenoxy) is 1. The first kappa shape index (κ1) is 22.7. The molecule has 1 unspecified atom stereocenters. The van der Waals surface area contributed by atoms with Crippen LogP contribution in [0.1, 0.15) is 23.1 Å². The van der Waals surface area contributed by atoms with Crippen molar-refractivity contribution in [2.24, 2.45) is 0 Å². The summed E-state index contributed by atoms with van der Waals surface area (Å²) in [6, 6.07) is 5.72. The van der Waals surface area contributed by atoms with Crippen molar-refractivity contribution < 1.29 is 26.3 Å². The minimum absolute atomic E-state index is 0.274. The summed E-state index contributed by atoms with van der Waals surface area (Å²) in [5, 5.41) is -0.287. The monoisotopic (exact) mass is 462 g/mol. The summed E-state index contributed by atoms with van der Waals surface area (Å²) in [5.41, 5.74) is 0.895. The molecule has 3 rings (SSSR count). The second kappa shape index (κ2) is 8.28. The van der Waals surface area contributed by atoms with Gasteiger partial charge < -0.3 is 9.64 Å². The van der Waals surface area contributed by atoms with E-state index in [0.717, 1.165) is 29.7 Å². The van der Waals surface area contributed by atoms with Gasteiger partial charge in [0, 0.05) is 11.6 Å². The second-order valence-electron chi connectivity index (χ2n) is 7.38. The molecule has 0 spiro atoms. The number of nitrogens with zero attached hydrogens (tertiary/aromatic N) is 1. The average Bonchev–Trinajstić information content (AvgIpc) is 2.66. The Bertz CT molecular complexity index is 1060. The predicted molar refractivity (Wildman–Crippen MR) is 110 cm³/mol. The van der Waals surface area contributed by atoms with E-state index in [2.05, 4.69) is 9.62 Å². The van der Waals surface area contributed by atoms with E-state index in [0.29, 0.717) is 30.3 Å². The zero-order valence-electron chi connectivity index (χ0n) is 16.7. The van der Waals surface area contributed by atoms with Crippen LogP contribution in [-0.2, 0) is 29.0 Å². The van der Waals surface area contributed by atoms with Gasteiger partial charge in [0.2, 0.25) is 0 Å². The minimum Gasteiger partial charge on any atom is -0.496 e. The quantitative estimate of drug-likeness (QED) is 0.706. The maximum absolute atomic E-state index is 13.0. The Balaban J connectivity index is 2.02. The summed E-state index contributed by atoms with van der Waals surface area (Å²) >= 11 is 5.93. The number of nitrogens with one attached hydrogen (secondary N) is 1. The largest absolute Gasteiger partial charge is 0.496 e. The lowest BCUT2D eigenvalue weighted by Gasteiger charge is -2.32. The van der Waals surface area contributed by atoms with E-state index in [9.17, 15) is 21.6 Å². The Morgan fingerprint density at radius 3 is 2.47 bits per heavy atom. The van der Waals surface area contributed by atoms with E-state index in [-0.39, 0.29) is 11.1 Å². The van der Waals surface area contributed by atoms with Crippen LogP contribution in [0.15, 0.2) is 35.2 Å². The number of halogens is 4. The van der Waals surface area contributed by atoms with Gasteiger partial charge in [0.15, 0.2) is 0 Å². The Morgan fingerprint density at radius 1 is 1.17 bits per heavy atom. The van der Waals surface area contributed by atoms with Gasteiger partial charge in [0.05, 0.1) is 23.4 Å². The van der Waals surface area contributed by atoms with Crippen LogP contribution < -0.4 is 9.46 Å². The fourth-order valence-electron chi connectivity index (χ4n) is 3.64. The zero-order valence-corrected chi connectivity index (χ0v) is 18.2. The normalized spacial score (nSPS) is 17.0. The van der Waals surface area contributed by atoms with Crippen molar-refractivity contribution in [3.63, 3.8) is 0 Å². The molecule has 0 saturated heterocycles. The van der Waals surface area contributed by atoms with E-state index in [1.807, 2.05) is 14.1 Å². The van der Waals surface area contributed by atoms with E-state index >= 15 is 0 Å². The number of anilines is 1. The average molecular weight is 463 g/mol. The molecule has 0 saturated carbocycles. The summed E-state index contributed by atoms with van der Waals surface area (Å²) < 4.78 is 72.8. The molecule has 0 aliphatic heterocycles. The Kier molecular flexibility index (Phi) is 6.27. The van der Waals surface area contributed by atoms with Crippen LogP contribution in [0.2, 0.25) is 5.02 Å². The predicted octanol–water partition coefficient (Wildman–Crippen LogP) is 4.59. The van der Waals surface area contributed by atoms with E-state index < -0.39 is 26.7 Å². The number of hydrogen-bond donors (Lipinski definition) is 1. The third-order valence-corrected chi connectivity index (χ3v) is 7.15. The molecule has 0 fully saturated rings. The molecular formula is C20H22ClF3N2O3S. The SMILES string of the molecule is COc1ccc(NS(=O)(=O)c2cc(C(F)(F)F)ccc2Cl)c2c1CC(N(C)C)CC2. The number of sulfonamides is 1. The molecule has 0 radical (unpaired) electrons. The van der Waals surface area contributed by atoms with Gasteiger partial charge in [-0.1, -0.05) is 11.6 Å². The summed E-state index contributed by atoms with van der Waals surface area (Å²) in [4.78, 5) is 1.48. The fraction of sp³-hybridized carbons (Fsp3) is 0.400. The molecule has 0 amide bonds. The molecule has 5 nitrogen and oxygen atoms in total. The molecule has 30 heavy (non-hydrogen) atoms. The van der Waals surface area contributed by atoms with Gasteiger partial charge in [0.25, 0.3) is 10.0 Å². The van der Waals surface area contributed by atoms with Crippen molar-refractivity contribution >= 4 is 27.3 Å². The summed E-state index contributed by atoms with van der Waals surface area (Å²) in [6.45, 7) is 0. The molecule has 164 valence electrons. The third kappa shape index (κ3) is 4.53. The summed E-state index contributed by atoms with van der Waals surface area (Å²) in [7, 11) is 1.15. The van der Waals surface area contributed by atoms with Crippen molar-refractivity contribution in [2.45, 2.75) is 36.4 Å². The van der Waals surface area contributed by atoms with Gasteiger partial charge in [-0.15, -0.1) is 0 Å². The third-order valence-electron chi connectivity index (χ3n) is 5.30. The Labute approximate surface area is 178 Å². The summed E-state index contributed by atoms with van der Waals surface area (Å²) in [6.07, 6.45) is -2.60. The lowest BCUT2D eigenvalue weighted by molar-refractivity contribution is -0.137. The van der Waals surface area contributed by atoms with E-state index in [4.69, 9.17) is 16.3 Å². The number of rotatable bonds is 5. The molecule has 0 heterocycles. The van der Waals surface area contributed by atoms with Crippen LogP contribution in [0.4, 0.5) is 18.9 Å². The van der Waals surface area contributed by atoms with Gasteiger partial charge in [0.1, 0.15) is 10.6 Å². The Morgan fingerprint density at radius 2 is 1.87 bits per heavy atom. The lowest BCUT2D eigenvalue weighted by atomic mass is 9.86. The molecule has 0 bridgehead atoms. The second-order valence-corrected chi connectivity index (χ2v) is 9.44. The van der Waals surface area contributed by atoms with Gasteiger partial charge >= 0.3 is 6.18 Å². The first-order valence-electron chi connectivity index (χ1n) is 9.18. The minimum atomic E-state index is -4.69. The molecule has 2 aromatic rings. The highest BCUT2D eigenvalue weighted by Crippen LogP contribution is 2.38. The number of benzene rings is 2. The fourth-order valence-corrected chi connectivity index (χ4v) is 5.26. The molecule has 1 N–H and O–H groups in total. The number of hydrogen-bond acceptors (Lipinski definition) is 4. The molecule has 1 aliphatic rings. The van der Waals surface area contributed by atoms with E-state index in [1.165, 1.54) is 0 Å². The van der Waals surface area contributed by atoms with Gasteiger partial charge in [-0.3, -0.25) is 4.72 Å². The number of methoxy groups -OCH3 is 1. The maximum Gasteiger partial charge on any atom is 0.416 e. The lowest BCUT2D eigenvalue weighted by Crippen LogP contribution is -2.34. The molecular weight excluding hydrogens is 441 g/mol. The molecule has 10 heteroatoms. The van der Waals surface area contributed by atoms with Crippen LogP contribution in [0, 0.1) is 0 Å². The van der Waals surface area contributed by atoms with Crippen molar-refractivity contribution in [3.8, 4) is 5.75 Å². The summed E-state index contributed by atoms with van der Waals surface area (Å²) in [5.74, 6) is 0.650. The number of alkyl halides is 3. The van der Waals surface area contributed by atoms with Crippen LogP contribution in [0.5, 0.6) is 5.75 Å². The zero-order chi connectivity index (χ0) is 22.3. The van der Waals surface area contributed by atoms with Crippen molar-refractivity contribution in [1.82, 2.24) is 4.90 Å². The molecule has 0 aromatic heterocycles. The van der Waals surface area contributed by atoms with Gasteiger partial charge in [-0.2, -0.15) is 13.2 Å². The number of fused-ring (bicyclic) bond motifs is 1. The maximum atomic E-state index is 13.0. The van der Waals surface area contributed by atoms with Crippen molar-refractivity contribution in [1.29, 1.82) is 0 Å². The first-order chi connectivity index (χ1) is 13.9. The van der Waals surface area contributed by atoms with Crippen LogP contribution in [0.3, 0.4) is 0 Å². The first-order valence-corrected chi connectivity index (χ1v) is 11.0. The van der Waals surface area contributed by atoms with Crippen LogP contribution in [-0.4, -0.2) is 40.6 Å². The highest BCUT2D eigenvalue weighted by atomic mass is 35.5. The van der Waals surface area contributed by atoms with Crippen molar-refractivity contribution in [2.75, 3.05) is 25.9 Å². The van der Waals surface area contributed by atoms with Crippen LogP contribution >= 0.6 is 11.6 Å².